The summed E-state index contributed by atoms with van der Waals surface area (Å²) < 4.78 is 6.88. The van der Waals surface area contributed by atoms with Gasteiger partial charge in [-0.25, -0.2) is 14.7 Å². The fraction of sp³-hybridized carbons (Fsp3) is 0.206. The number of nitrogens with zero attached hydrogens (tertiary/aromatic N) is 8. The first-order valence-electron chi connectivity index (χ1n) is 15.8. The molecule has 3 heterocycles. The highest BCUT2D eigenvalue weighted by Crippen LogP contribution is 2.37. The minimum absolute atomic E-state index is 0. The summed E-state index contributed by atoms with van der Waals surface area (Å²) in [6.07, 6.45) is 2.87. The SMILES string of the molecule is CCCCc1nc2ccc(NC(=O)CCNc3ccc([N+](=O)[O-])c4nonc34)cc2n1-c1ccc(-c2ccccc2)c(-c2nnn[nH]2)c1C.O. The molecule has 0 aliphatic heterocycles. The van der Waals surface area contributed by atoms with E-state index in [9.17, 15) is 14.9 Å². The van der Waals surface area contributed by atoms with Gasteiger partial charge in [0.1, 0.15) is 5.82 Å². The molecule has 7 rings (SSSR count). The van der Waals surface area contributed by atoms with Gasteiger partial charge in [-0.15, -0.1) is 5.10 Å². The number of aryl methyl sites for hydroxylation is 1. The number of carbonyl (C=O) groups excluding carboxylic acids is 1. The third kappa shape index (κ3) is 6.34. The van der Waals surface area contributed by atoms with Crippen molar-refractivity contribution < 1.29 is 19.8 Å². The zero-order chi connectivity index (χ0) is 33.9. The Balaban J connectivity index is 0.00000432. The van der Waals surface area contributed by atoms with Crippen LogP contribution in [0.25, 0.3) is 50.3 Å². The topological polar surface area (TPSA) is 227 Å². The number of H-pyrrole nitrogens is 1. The number of amides is 1. The molecule has 5 N–H and O–H groups in total. The highest BCUT2D eigenvalue weighted by Gasteiger charge is 2.22. The molecule has 0 spiro atoms. The lowest BCUT2D eigenvalue weighted by molar-refractivity contribution is -0.383. The Kier molecular flexibility index (Phi) is 9.53. The molecule has 0 atom stereocenters. The van der Waals surface area contributed by atoms with Crippen molar-refractivity contribution in [2.45, 2.75) is 39.5 Å². The maximum Gasteiger partial charge on any atom is 0.300 e. The van der Waals surface area contributed by atoms with Gasteiger partial charge in [0.05, 0.1) is 27.3 Å². The molecule has 3 aromatic heterocycles. The van der Waals surface area contributed by atoms with E-state index in [2.05, 4.69) is 84.3 Å². The molecule has 16 nitrogen and oxygen atoms in total. The highest BCUT2D eigenvalue weighted by atomic mass is 16.6. The highest BCUT2D eigenvalue weighted by molar-refractivity contribution is 5.95. The van der Waals surface area contributed by atoms with Gasteiger partial charge in [0.15, 0.2) is 11.3 Å². The molecule has 50 heavy (non-hydrogen) atoms. The number of nitro benzene ring substituents is 1. The van der Waals surface area contributed by atoms with E-state index in [1.807, 2.05) is 36.4 Å². The number of hydrogen-bond acceptors (Lipinski definition) is 11. The fourth-order valence-electron chi connectivity index (χ4n) is 6.02. The van der Waals surface area contributed by atoms with Crippen LogP contribution in [0.4, 0.5) is 17.1 Å². The summed E-state index contributed by atoms with van der Waals surface area (Å²) in [7, 11) is 0. The monoisotopic (exact) mass is 675 g/mol. The first-order valence-corrected chi connectivity index (χ1v) is 15.8. The van der Waals surface area contributed by atoms with Crippen molar-refractivity contribution in [3.8, 4) is 28.2 Å². The number of tetrazole rings is 1. The van der Waals surface area contributed by atoms with Crippen LogP contribution >= 0.6 is 0 Å². The molecule has 0 aliphatic carbocycles. The van der Waals surface area contributed by atoms with Crippen LogP contribution in [-0.4, -0.2) is 63.3 Å². The first-order chi connectivity index (χ1) is 23.9. The number of unbranched alkanes of at least 4 members (excludes halogenated alkanes) is 1. The summed E-state index contributed by atoms with van der Waals surface area (Å²) in [5, 5.41) is 39.7. The van der Waals surface area contributed by atoms with E-state index < -0.39 is 4.92 Å². The largest absolute Gasteiger partial charge is 0.412 e. The van der Waals surface area contributed by atoms with Gasteiger partial charge in [0.25, 0.3) is 0 Å². The summed E-state index contributed by atoms with van der Waals surface area (Å²) in [5.74, 6) is 1.26. The maximum absolute atomic E-state index is 13.1. The van der Waals surface area contributed by atoms with Crippen molar-refractivity contribution >= 4 is 45.0 Å². The van der Waals surface area contributed by atoms with Crippen molar-refractivity contribution in [2.75, 3.05) is 17.2 Å². The van der Waals surface area contributed by atoms with Crippen molar-refractivity contribution in [2.24, 2.45) is 0 Å². The normalized spacial score (nSPS) is 11.1. The van der Waals surface area contributed by atoms with Crippen molar-refractivity contribution in [3.05, 3.63) is 94.3 Å². The second-order valence-corrected chi connectivity index (χ2v) is 11.5. The Morgan fingerprint density at radius 2 is 1.86 bits per heavy atom. The van der Waals surface area contributed by atoms with Gasteiger partial charge in [-0.1, -0.05) is 49.7 Å². The van der Waals surface area contributed by atoms with Gasteiger partial charge >= 0.3 is 5.69 Å². The van der Waals surface area contributed by atoms with Crippen LogP contribution in [0.5, 0.6) is 0 Å². The number of nitrogens with one attached hydrogen (secondary N) is 3. The number of rotatable bonds is 12. The molecule has 7 aromatic rings. The molecule has 1 amide bonds. The lowest BCUT2D eigenvalue weighted by Gasteiger charge is -2.18. The number of aromatic amines is 1. The van der Waals surface area contributed by atoms with Crippen molar-refractivity contribution in [1.29, 1.82) is 0 Å². The van der Waals surface area contributed by atoms with E-state index in [4.69, 9.17) is 9.61 Å². The Morgan fingerprint density at radius 3 is 2.62 bits per heavy atom. The van der Waals surface area contributed by atoms with Crippen LogP contribution in [0, 0.1) is 17.0 Å². The first kappa shape index (κ1) is 33.4. The number of hydrogen-bond donors (Lipinski definition) is 3. The molecule has 0 aliphatic rings. The lowest BCUT2D eigenvalue weighted by Crippen LogP contribution is -2.16. The Bertz CT molecular complexity index is 2300. The average Bonchev–Trinajstić information content (AvgIpc) is 3.88. The Labute approximate surface area is 284 Å². The second kappa shape index (κ2) is 14.3. The summed E-state index contributed by atoms with van der Waals surface area (Å²) in [6, 6.07) is 22.8. The van der Waals surface area contributed by atoms with E-state index in [1.54, 1.807) is 0 Å². The molecule has 0 fully saturated rings. The lowest BCUT2D eigenvalue weighted by atomic mass is 9.94. The minimum atomic E-state index is -0.548. The van der Waals surface area contributed by atoms with E-state index in [1.165, 1.54) is 12.1 Å². The van der Waals surface area contributed by atoms with Gasteiger partial charge in [-0.3, -0.25) is 19.5 Å². The number of aromatic nitrogens is 8. The second-order valence-electron chi connectivity index (χ2n) is 11.5. The molecule has 0 bridgehead atoms. The molecular formula is C34H33N11O5. The third-order valence-corrected chi connectivity index (χ3v) is 8.36. The predicted octanol–water partition coefficient (Wildman–Crippen LogP) is 5.58. The van der Waals surface area contributed by atoms with Crippen molar-refractivity contribution in [3.63, 3.8) is 0 Å². The summed E-state index contributed by atoms with van der Waals surface area (Å²) in [5.41, 5.74) is 7.65. The molecule has 16 heteroatoms. The summed E-state index contributed by atoms with van der Waals surface area (Å²) in [6.45, 7) is 4.46. The quantitative estimate of drug-likeness (QED) is 0.107. The number of fused-ring (bicyclic) bond motifs is 2. The van der Waals surface area contributed by atoms with Gasteiger partial charge in [0.2, 0.25) is 11.4 Å². The van der Waals surface area contributed by atoms with Crippen LogP contribution in [0.3, 0.4) is 0 Å². The third-order valence-electron chi connectivity index (χ3n) is 8.36. The summed E-state index contributed by atoms with van der Waals surface area (Å²) >= 11 is 0. The standard InChI is InChI=1S/C34H31N11O4.H2O/c1-3-4-10-29-37-24-13-11-22(36-30(46)17-18-35-25-14-16-27(45(47)48)33-32(25)40-49-41-33)19-28(24)44(29)26-15-12-23(21-8-6-5-7-9-21)31(20(26)2)34-38-42-43-39-34;/h5-9,11-16,19,35H,3-4,10,17-18H2,1-2H3,(H,36,46)(H,38,39,42,43);1H2. The molecule has 0 saturated heterocycles. The van der Waals surface area contributed by atoms with Gasteiger partial charge in [-0.2, -0.15) is 0 Å². The number of carbonyl (C=O) groups is 1. The molecule has 0 radical (unpaired) electrons. The van der Waals surface area contributed by atoms with Crippen LogP contribution < -0.4 is 10.6 Å². The predicted molar refractivity (Wildman–Crippen MR) is 187 cm³/mol. The zero-order valence-electron chi connectivity index (χ0n) is 27.2. The smallest absolute Gasteiger partial charge is 0.300 e. The number of non-ortho nitro benzene ring substituents is 1. The molecule has 0 saturated carbocycles. The summed E-state index contributed by atoms with van der Waals surface area (Å²) in [4.78, 5) is 28.8. The van der Waals surface area contributed by atoms with Crippen LogP contribution in [0.1, 0.15) is 37.6 Å². The number of benzene rings is 4. The molecular weight excluding hydrogens is 642 g/mol. The number of anilines is 2. The van der Waals surface area contributed by atoms with Crippen molar-refractivity contribution in [1.82, 2.24) is 40.5 Å². The van der Waals surface area contributed by atoms with E-state index in [0.29, 0.717) is 17.2 Å². The number of imidazole rings is 1. The Morgan fingerprint density at radius 1 is 1.04 bits per heavy atom. The van der Waals surface area contributed by atoms with E-state index in [0.717, 1.165) is 64.1 Å². The molecule has 4 aromatic carbocycles. The fourth-order valence-corrected chi connectivity index (χ4v) is 6.02. The van der Waals surface area contributed by atoms with Crippen LogP contribution in [0.15, 0.2) is 77.4 Å². The van der Waals surface area contributed by atoms with E-state index in [-0.39, 0.29) is 41.1 Å². The maximum atomic E-state index is 13.1. The average molecular weight is 676 g/mol. The zero-order valence-corrected chi connectivity index (χ0v) is 27.2. The molecule has 0 unspecified atom stereocenters. The minimum Gasteiger partial charge on any atom is -0.412 e. The van der Waals surface area contributed by atoms with Gasteiger partial charge < -0.3 is 16.1 Å². The molecule has 254 valence electrons. The van der Waals surface area contributed by atoms with E-state index >= 15 is 0 Å². The van der Waals surface area contributed by atoms with Gasteiger partial charge in [-0.05, 0) is 81.1 Å². The van der Waals surface area contributed by atoms with Crippen LogP contribution in [-0.2, 0) is 11.2 Å². The van der Waals surface area contributed by atoms with Gasteiger partial charge in [0, 0.05) is 36.7 Å². The Hall–Kier alpha value is -6.55. The number of nitro groups is 1. The van der Waals surface area contributed by atoms with Crippen LogP contribution in [0.2, 0.25) is 0 Å².